The van der Waals surface area contributed by atoms with E-state index < -0.39 is 42.5 Å². The number of amides is 5. The Kier molecular flexibility index (Phi) is 11.9. The maximum Gasteiger partial charge on any atom is 0.414 e. The van der Waals surface area contributed by atoms with E-state index in [-0.39, 0.29) is 37.0 Å². The highest BCUT2D eigenvalue weighted by atomic mass is 35.5. The molecule has 224 valence electrons. The minimum Gasteiger partial charge on any atom is -0.480 e. The average molecular weight is 605 g/mol. The molecule has 0 saturated heterocycles. The number of carbonyl (C=O) groups is 4. The molecule has 15 heteroatoms. The summed E-state index contributed by atoms with van der Waals surface area (Å²) >= 11 is 5.97. The van der Waals surface area contributed by atoms with E-state index in [0.717, 1.165) is 5.56 Å². The fraction of sp³-hybridized carbons (Fsp3) is 0.296. The van der Waals surface area contributed by atoms with Gasteiger partial charge in [-0.05, 0) is 24.5 Å². The van der Waals surface area contributed by atoms with Crippen molar-refractivity contribution in [1.82, 2.24) is 26.0 Å². The van der Waals surface area contributed by atoms with Gasteiger partial charge in [0.1, 0.15) is 24.7 Å². The second-order valence-corrected chi connectivity index (χ2v) is 9.33. The molecule has 13 nitrogen and oxygen atoms in total. The van der Waals surface area contributed by atoms with Crippen LogP contribution in [-0.4, -0.2) is 72.1 Å². The van der Waals surface area contributed by atoms with Crippen molar-refractivity contribution >= 4 is 41.6 Å². The lowest BCUT2D eigenvalue weighted by Crippen LogP contribution is -2.46. The van der Waals surface area contributed by atoms with Gasteiger partial charge in [-0.3, -0.25) is 10.1 Å². The van der Waals surface area contributed by atoms with Gasteiger partial charge in [-0.25, -0.2) is 18.8 Å². The standard InChI is InChI=1S/C27H30ClFN6O7/c1-35(26(39)32-14-18-9-5-11-20(29)24(18)28)19(10-6-12-30-25(38)31-15-23(36)37)16-41-27(40)33-22-13-21(34-42-22)17-7-3-2-4-8-17/h2-5,7-9,11,13,19H,6,10,12,14-16H2,1H3,(H,32,39)(H,33,40)(H,36,37)(H2,30,31,38)/t19-/m0/s1. The molecule has 0 unspecified atom stereocenters. The van der Waals surface area contributed by atoms with Crippen LogP contribution in [-0.2, 0) is 16.1 Å². The van der Waals surface area contributed by atoms with Gasteiger partial charge in [-0.2, -0.15) is 0 Å². The van der Waals surface area contributed by atoms with Crippen LogP contribution in [0.3, 0.4) is 0 Å². The van der Waals surface area contributed by atoms with Crippen LogP contribution in [0.25, 0.3) is 11.3 Å². The Bertz CT molecular complexity index is 1370. The molecule has 5 N–H and O–H groups in total. The maximum atomic E-state index is 13.7. The Hall–Kier alpha value is -4.85. The summed E-state index contributed by atoms with van der Waals surface area (Å²) in [6.07, 6.45) is -0.203. The molecule has 0 bridgehead atoms. The van der Waals surface area contributed by atoms with E-state index in [1.165, 1.54) is 30.1 Å². The summed E-state index contributed by atoms with van der Waals surface area (Å²) in [6, 6.07) is 13.1. The first-order valence-electron chi connectivity index (χ1n) is 12.8. The number of hydrogen-bond donors (Lipinski definition) is 5. The predicted molar refractivity (Wildman–Crippen MR) is 150 cm³/mol. The Labute approximate surface area is 245 Å². The minimum absolute atomic E-state index is 0.0472. The van der Waals surface area contributed by atoms with E-state index in [4.69, 9.17) is 26.0 Å². The van der Waals surface area contributed by atoms with E-state index in [0.29, 0.717) is 17.7 Å². The van der Waals surface area contributed by atoms with E-state index >= 15 is 0 Å². The summed E-state index contributed by atoms with van der Waals surface area (Å²) in [5.41, 5.74) is 1.68. The van der Waals surface area contributed by atoms with Gasteiger partial charge in [0, 0.05) is 31.8 Å². The van der Waals surface area contributed by atoms with Crippen LogP contribution in [0.5, 0.6) is 0 Å². The number of aromatic nitrogens is 1. The number of aliphatic carboxylic acids is 1. The van der Waals surface area contributed by atoms with Gasteiger partial charge in [-0.15, -0.1) is 0 Å². The molecule has 0 aliphatic carbocycles. The lowest BCUT2D eigenvalue weighted by Gasteiger charge is -2.28. The van der Waals surface area contributed by atoms with Crippen LogP contribution >= 0.6 is 11.6 Å². The van der Waals surface area contributed by atoms with Crippen LogP contribution in [0, 0.1) is 5.82 Å². The Morgan fingerprint density at radius 1 is 1.10 bits per heavy atom. The van der Waals surface area contributed by atoms with Gasteiger partial charge in [0.2, 0.25) is 5.88 Å². The molecule has 0 aliphatic rings. The first-order valence-corrected chi connectivity index (χ1v) is 13.1. The van der Waals surface area contributed by atoms with Gasteiger partial charge < -0.3 is 35.2 Å². The Morgan fingerprint density at radius 2 is 1.86 bits per heavy atom. The summed E-state index contributed by atoms with van der Waals surface area (Å²) in [7, 11) is 1.49. The van der Waals surface area contributed by atoms with Crippen molar-refractivity contribution in [3.8, 4) is 11.3 Å². The number of likely N-dealkylation sites (N-methyl/N-ethyl adjacent to an activating group) is 1. The SMILES string of the molecule is CN(C(=O)NCc1cccc(F)c1Cl)[C@@H](CCCNC(=O)NCC(=O)O)COC(=O)Nc1cc(-c2ccccc2)no1. The van der Waals surface area contributed by atoms with Gasteiger partial charge in [-0.1, -0.05) is 59.2 Å². The first-order chi connectivity index (χ1) is 20.1. The highest BCUT2D eigenvalue weighted by Crippen LogP contribution is 2.22. The molecule has 0 radical (unpaired) electrons. The average Bonchev–Trinajstić information content (AvgIpc) is 3.44. The zero-order valence-electron chi connectivity index (χ0n) is 22.6. The van der Waals surface area contributed by atoms with Crippen molar-refractivity contribution in [3.05, 3.63) is 71.0 Å². The number of benzene rings is 2. The monoisotopic (exact) mass is 604 g/mol. The number of nitrogens with one attached hydrogen (secondary N) is 4. The van der Waals surface area contributed by atoms with Crippen molar-refractivity contribution in [1.29, 1.82) is 0 Å². The highest BCUT2D eigenvalue weighted by molar-refractivity contribution is 6.31. The predicted octanol–water partition coefficient (Wildman–Crippen LogP) is 4.06. The van der Waals surface area contributed by atoms with Crippen LogP contribution < -0.4 is 21.3 Å². The third-order valence-corrected chi connectivity index (χ3v) is 6.36. The fourth-order valence-electron chi connectivity index (χ4n) is 3.68. The second kappa shape index (κ2) is 15.8. The Morgan fingerprint density at radius 3 is 2.60 bits per heavy atom. The molecule has 3 rings (SSSR count). The molecule has 0 fully saturated rings. The third kappa shape index (κ3) is 9.96. The van der Waals surface area contributed by atoms with E-state index in [2.05, 4.69) is 26.4 Å². The van der Waals surface area contributed by atoms with Crippen molar-refractivity contribution in [3.63, 3.8) is 0 Å². The van der Waals surface area contributed by atoms with Crippen LogP contribution in [0.1, 0.15) is 18.4 Å². The summed E-state index contributed by atoms with van der Waals surface area (Å²) in [6.45, 7) is -0.647. The normalized spacial score (nSPS) is 11.2. The smallest absolute Gasteiger partial charge is 0.414 e. The molecule has 42 heavy (non-hydrogen) atoms. The number of hydrogen-bond acceptors (Lipinski definition) is 7. The summed E-state index contributed by atoms with van der Waals surface area (Å²) in [5.74, 6) is -1.74. The molecule has 0 spiro atoms. The molecule has 5 amide bonds. The summed E-state index contributed by atoms with van der Waals surface area (Å²) in [4.78, 5) is 48.9. The van der Waals surface area contributed by atoms with E-state index in [9.17, 15) is 23.6 Å². The van der Waals surface area contributed by atoms with Gasteiger partial charge in [0.05, 0.1) is 11.1 Å². The topological polar surface area (TPSA) is 175 Å². The zero-order valence-corrected chi connectivity index (χ0v) is 23.3. The highest BCUT2D eigenvalue weighted by Gasteiger charge is 2.22. The van der Waals surface area contributed by atoms with Crippen LogP contribution in [0.2, 0.25) is 5.02 Å². The first kappa shape index (κ1) is 31.7. The lowest BCUT2D eigenvalue weighted by atomic mass is 10.1. The number of halogens is 2. The van der Waals surface area contributed by atoms with Gasteiger partial charge in [0.15, 0.2) is 0 Å². The van der Waals surface area contributed by atoms with Crippen LogP contribution in [0.4, 0.5) is 24.7 Å². The molecule has 1 atom stereocenters. The van der Waals surface area contributed by atoms with Crippen LogP contribution in [0.15, 0.2) is 59.1 Å². The molecule has 0 saturated carbocycles. The number of ether oxygens (including phenoxy) is 1. The van der Waals surface area contributed by atoms with Crippen molar-refractivity contribution in [2.24, 2.45) is 0 Å². The van der Waals surface area contributed by atoms with Crippen molar-refractivity contribution in [2.45, 2.75) is 25.4 Å². The second-order valence-electron chi connectivity index (χ2n) is 8.95. The molecule has 1 aromatic heterocycles. The molecule has 1 heterocycles. The molecule has 0 aliphatic heterocycles. The third-order valence-electron chi connectivity index (χ3n) is 5.94. The molecular formula is C27H30ClFN6O7. The lowest BCUT2D eigenvalue weighted by molar-refractivity contribution is -0.135. The van der Waals surface area contributed by atoms with Gasteiger partial charge in [0.25, 0.3) is 0 Å². The molecule has 2 aromatic carbocycles. The number of urea groups is 2. The number of carboxylic acids is 1. The number of rotatable bonds is 13. The molecule has 3 aromatic rings. The molecular weight excluding hydrogens is 575 g/mol. The zero-order chi connectivity index (χ0) is 30.5. The number of carbonyl (C=O) groups excluding carboxylic acids is 3. The summed E-state index contributed by atoms with van der Waals surface area (Å²) < 4.78 is 24.2. The van der Waals surface area contributed by atoms with Crippen molar-refractivity contribution in [2.75, 3.05) is 32.1 Å². The van der Waals surface area contributed by atoms with Crippen molar-refractivity contribution < 1.29 is 37.9 Å². The number of anilines is 1. The number of carboxylic acid groups (broad SMARTS) is 1. The maximum absolute atomic E-state index is 13.7. The van der Waals surface area contributed by atoms with E-state index in [1.807, 2.05) is 30.3 Å². The van der Waals surface area contributed by atoms with E-state index in [1.54, 1.807) is 6.07 Å². The number of nitrogens with zero attached hydrogens (tertiary/aromatic N) is 2. The van der Waals surface area contributed by atoms with Gasteiger partial charge >= 0.3 is 24.1 Å². The summed E-state index contributed by atoms with van der Waals surface area (Å²) in [5, 5.41) is 22.2. The largest absolute Gasteiger partial charge is 0.480 e. The fourth-order valence-corrected chi connectivity index (χ4v) is 3.87. The quantitative estimate of drug-likeness (QED) is 0.181. The Balaban J connectivity index is 1.56. The minimum atomic E-state index is -1.19.